The van der Waals surface area contributed by atoms with Gasteiger partial charge in [-0.25, -0.2) is 0 Å². The van der Waals surface area contributed by atoms with Crippen molar-refractivity contribution in [1.29, 1.82) is 0 Å². The Labute approximate surface area is 89.4 Å². The average Bonchev–Trinajstić information content (AvgIpc) is 2.32. The number of hydrogen-bond donors (Lipinski definition) is 0. The van der Waals surface area contributed by atoms with Gasteiger partial charge in [-0.2, -0.15) is 0 Å². The third kappa shape index (κ3) is 4.45. The minimum atomic E-state index is 0.275. The first kappa shape index (κ1) is 13.2. The molecule has 14 heavy (non-hydrogen) atoms. The summed E-state index contributed by atoms with van der Waals surface area (Å²) in [5.41, 5.74) is 3.13. The predicted molar refractivity (Wildman–Crippen MR) is 66.4 cm³/mol. The molecule has 0 aromatic heterocycles. The summed E-state index contributed by atoms with van der Waals surface area (Å²) in [5.74, 6) is 0. The van der Waals surface area contributed by atoms with Crippen LogP contribution in [0.25, 0.3) is 0 Å². The molecule has 0 aliphatic heterocycles. The highest BCUT2D eigenvalue weighted by molar-refractivity contribution is 5.33. The summed E-state index contributed by atoms with van der Waals surface area (Å²) in [6, 6.07) is 0. The third-order valence-corrected chi connectivity index (χ3v) is 2.15. The molecule has 0 heterocycles. The van der Waals surface area contributed by atoms with Crippen molar-refractivity contribution in [2.75, 3.05) is 0 Å². The van der Waals surface area contributed by atoms with Gasteiger partial charge in [0, 0.05) is 0 Å². The Morgan fingerprint density at radius 1 is 1.07 bits per heavy atom. The number of hydrogen-bond acceptors (Lipinski definition) is 0. The van der Waals surface area contributed by atoms with Gasteiger partial charge in [0.1, 0.15) is 0 Å². The van der Waals surface area contributed by atoms with Gasteiger partial charge in [-0.15, -0.1) is 0 Å². The molecule has 1 aliphatic carbocycles. The van der Waals surface area contributed by atoms with Crippen LogP contribution in [0.15, 0.2) is 35.5 Å². The maximum absolute atomic E-state index is 2.25. The lowest BCUT2D eigenvalue weighted by atomic mass is 9.86. The van der Waals surface area contributed by atoms with Gasteiger partial charge in [-0.3, -0.25) is 0 Å². The maximum Gasteiger partial charge on any atom is -0.0132 e. The van der Waals surface area contributed by atoms with Gasteiger partial charge in [0.2, 0.25) is 0 Å². The molecule has 0 atom stereocenters. The summed E-state index contributed by atoms with van der Waals surface area (Å²) >= 11 is 0. The molecule has 0 saturated carbocycles. The first-order chi connectivity index (χ1) is 6.50. The van der Waals surface area contributed by atoms with E-state index in [4.69, 9.17) is 0 Å². The van der Waals surface area contributed by atoms with Gasteiger partial charge in [-0.05, 0) is 24.3 Å². The van der Waals surface area contributed by atoms with Gasteiger partial charge in [0.25, 0.3) is 0 Å². The zero-order valence-corrected chi connectivity index (χ0v) is 10.5. The van der Waals surface area contributed by atoms with E-state index in [0.29, 0.717) is 0 Å². The fourth-order valence-electron chi connectivity index (χ4n) is 1.23. The normalized spacial score (nSPS) is 16.1. The van der Waals surface area contributed by atoms with Crippen LogP contribution in [0.5, 0.6) is 0 Å². The van der Waals surface area contributed by atoms with Crippen molar-refractivity contribution >= 4 is 0 Å². The van der Waals surface area contributed by atoms with E-state index in [2.05, 4.69) is 52.0 Å². The van der Waals surface area contributed by atoms with E-state index in [0.717, 1.165) is 6.42 Å². The maximum atomic E-state index is 2.25. The molecule has 0 aromatic rings. The highest BCUT2D eigenvalue weighted by atomic mass is 14.2. The Balaban J connectivity index is 0.000000791. The minimum Gasteiger partial charge on any atom is -0.0802 e. The van der Waals surface area contributed by atoms with Crippen LogP contribution in [-0.2, 0) is 0 Å². The molecule has 0 unspecified atom stereocenters. The molecule has 1 aliphatic rings. The lowest BCUT2D eigenvalue weighted by Crippen LogP contribution is -2.06. The fraction of sp³-hybridized carbons (Fsp3) is 0.571. The van der Waals surface area contributed by atoms with Crippen LogP contribution < -0.4 is 0 Å². The van der Waals surface area contributed by atoms with Gasteiger partial charge < -0.3 is 0 Å². The first-order valence-electron chi connectivity index (χ1n) is 5.54. The first-order valence-corrected chi connectivity index (χ1v) is 5.54. The van der Waals surface area contributed by atoms with Gasteiger partial charge in [0.15, 0.2) is 0 Å². The Morgan fingerprint density at radius 2 is 1.64 bits per heavy atom. The van der Waals surface area contributed by atoms with E-state index < -0.39 is 0 Å². The summed E-state index contributed by atoms with van der Waals surface area (Å²) < 4.78 is 0. The van der Waals surface area contributed by atoms with Crippen molar-refractivity contribution in [2.24, 2.45) is 5.41 Å². The van der Waals surface area contributed by atoms with Crippen LogP contribution in [0.2, 0.25) is 0 Å². The highest BCUT2D eigenvalue weighted by Crippen LogP contribution is 2.28. The molecule has 0 aromatic carbocycles. The minimum absolute atomic E-state index is 0.275. The average molecular weight is 192 g/mol. The van der Waals surface area contributed by atoms with Crippen molar-refractivity contribution in [1.82, 2.24) is 0 Å². The monoisotopic (exact) mass is 192 g/mol. The van der Waals surface area contributed by atoms with Crippen molar-refractivity contribution in [3.8, 4) is 0 Å². The van der Waals surface area contributed by atoms with E-state index in [1.165, 1.54) is 11.1 Å². The summed E-state index contributed by atoms with van der Waals surface area (Å²) in [7, 11) is 0. The zero-order valence-electron chi connectivity index (χ0n) is 10.5. The van der Waals surface area contributed by atoms with Gasteiger partial charge in [0.05, 0.1) is 0 Å². The molecule has 0 amide bonds. The van der Waals surface area contributed by atoms with Crippen molar-refractivity contribution in [3.63, 3.8) is 0 Å². The SMILES string of the molecule is CC.CC1=CC=C(C(C)(C)C)C=CC1. The van der Waals surface area contributed by atoms with Gasteiger partial charge in [-0.1, -0.05) is 64.5 Å². The number of allylic oxidation sites excluding steroid dienone is 6. The van der Waals surface area contributed by atoms with Gasteiger partial charge >= 0.3 is 0 Å². The topological polar surface area (TPSA) is 0 Å². The smallest absolute Gasteiger partial charge is 0.0132 e. The second-order valence-corrected chi connectivity index (χ2v) is 4.49. The predicted octanol–water partition coefficient (Wildman–Crippen LogP) is 4.89. The lowest BCUT2D eigenvalue weighted by molar-refractivity contribution is 0.517. The van der Waals surface area contributed by atoms with E-state index >= 15 is 0 Å². The van der Waals surface area contributed by atoms with Crippen molar-refractivity contribution < 1.29 is 0 Å². The molecule has 80 valence electrons. The molecule has 0 saturated heterocycles. The molecule has 0 N–H and O–H groups in total. The van der Waals surface area contributed by atoms with Crippen LogP contribution in [-0.4, -0.2) is 0 Å². The second-order valence-electron chi connectivity index (χ2n) is 4.49. The molecular weight excluding hydrogens is 168 g/mol. The Morgan fingerprint density at radius 3 is 2.14 bits per heavy atom. The second kappa shape index (κ2) is 5.85. The molecular formula is C14H24. The van der Waals surface area contributed by atoms with Crippen molar-refractivity contribution in [3.05, 3.63) is 35.5 Å². The van der Waals surface area contributed by atoms with Crippen LogP contribution in [0.1, 0.15) is 48.0 Å². The lowest BCUT2D eigenvalue weighted by Gasteiger charge is -2.19. The van der Waals surface area contributed by atoms with Crippen LogP contribution >= 0.6 is 0 Å². The standard InChI is InChI=1S/C12H18.C2H6/c1-10-6-5-7-11(9-8-10)12(2,3)4;1-2/h5,7-9H,6H2,1-4H3;1-2H3. The largest absolute Gasteiger partial charge is 0.0802 e. The quantitative estimate of drug-likeness (QED) is 0.512. The Hall–Kier alpha value is -0.780. The summed E-state index contributed by atoms with van der Waals surface area (Å²) in [6.45, 7) is 12.9. The Bertz CT molecular complexity index is 244. The van der Waals surface area contributed by atoms with E-state index in [9.17, 15) is 0 Å². The molecule has 0 heteroatoms. The summed E-state index contributed by atoms with van der Waals surface area (Å²) in [4.78, 5) is 0. The van der Waals surface area contributed by atoms with Crippen LogP contribution in [0.3, 0.4) is 0 Å². The molecule has 0 bridgehead atoms. The zero-order chi connectivity index (χ0) is 11.2. The molecule has 0 radical (unpaired) electrons. The van der Waals surface area contributed by atoms with E-state index in [1.807, 2.05) is 13.8 Å². The van der Waals surface area contributed by atoms with E-state index in [1.54, 1.807) is 0 Å². The number of rotatable bonds is 0. The summed E-state index contributed by atoms with van der Waals surface area (Å²) in [6.07, 6.45) is 10.0. The van der Waals surface area contributed by atoms with Crippen molar-refractivity contribution in [2.45, 2.75) is 48.0 Å². The van der Waals surface area contributed by atoms with E-state index in [-0.39, 0.29) is 5.41 Å². The molecule has 1 rings (SSSR count). The molecule has 0 spiro atoms. The Kier molecular flexibility index (Phi) is 5.52. The fourth-order valence-corrected chi connectivity index (χ4v) is 1.23. The highest BCUT2D eigenvalue weighted by Gasteiger charge is 2.14. The third-order valence-electron chi connectivity index (χ3n) is 2.15. The molecule has 0 fully saturated rings. The van der Waals surface area contributed by atoms with Crippen LogP contribution in [0.4, 0.5) is 0 Å². The molecule has 0 nitrogen and oxygen atoms in total. The summed E-state index contributed by atoms with van der Waals surface area (Å²) in [5, 5.41) is 0. The van der Waals surface area contributed by atoms with Crippen LogP contribution in [0, 0.1) is 5.41 Å².